The average molecular weight is 371 g/mol. The van der Waals surface area contributed by atoms with E-state index in [-0.39, 0.29) is 17.7 Å². The van der Waals surface area contributed by atoms with Crippen LogP contribution in [0, 0.1) is 18.7 Å². The number of nitrogens with zero attached hydrogens (tertiary/aromatic N) is 3. The molecule has 1 saturated heterocycles. The molecular formula is C15H17BrF2N4. The Morgan fingerprint density at radius 1 is 1.41 bits per heavy atom. The lowest BCUT2D eigenvalue weighted by atomic mass is 9.97. The van der Waals surface area contributed by atoms with Crippen LogP contribution in [-0.2, 0) is 6.54 Å². The number of benzene rings is 1. The fraction of sp³-hybridized carbons (Fsp3) is 0.467. The molecule has 1 aliphatic heterocycles. The van der Waals surface area contributed by atoms with Gasteiger partial charge in [0, 0.05) is 41.5 Å². The van der Waals surface area contributed by atoms with E-state index in [1.807, 2.05) is 6.92 Å². The van der Waals surface area contributed by atoms with E-state index in [1.54, 1.807) is 12.1 Å². The van der Waals surface area contributed by atoms with Crippen molar-refractivity contribution in [2.75, 3.05) is 19.8 Å². The first-order chi connectivity index (χ1) is 10.6. The maximum atomic E-state index is 13.9. The van der Waals surface area contributed by atoms with Gasteiger partial charge in [-0.15, -0.1) is 0 Å². The van der Waals surface area contributed by atoms with Gasteiger partial charge in [-0.1, -0.05) is 15.9 Å². The van der Waals surface area contributed by atoms with E-state index in [1.165, 1.54) is 6.07 Å². The Balaban J connectivity index is 1.75. The molecule has 7 heteroatoms. The summed E-state index contributed by atoms with van der Waals surface area (Å²) >= 11 is 3.35. The van der Waals surface area contributed by atoms with Gasteiger partial charge in [-0.05, 0) is 25.1 Å². The number of alkyl halides is 1. The van der Waals surface area contributed by atoms with Crippen molar-refractivity contribution in [1.29, 1.82) is 0 Å². The third-order valence-electron chi connectivity index (χ3n) is 4.06. The number of aryl methyl sites for hydroxylation is 1. The van der Waals surface area contributed by atoms with Crippen LogP contribution in [0.5, 0.6) is 0 Å². The normalized spacial score (nSPS) is 22.4. The van der Waals surface area contributed by atoms with Crippen LogP contribution in [0.3, 0.4) is 0 Å². The van der Waals surface area contributed by atoms with Crippen molar-refractivity contribution in [1.82, 2.24) is 20.1 Å². The molecular weight excluding hydrogens is 354 g/mol. The molecule has 4 nitrogen and oxygen atoms in total. The summed E-state index contributed by atoms with van der Waals surface area (Å²) < 4.78 is 28.0. The Morgan fingerprint density at radius 2 is 2.23 bits per heavy atom. The van der Waals surface area contributed by atoms with E-state index in [0.717, 1.165) is 10.3 Å². The predicted octanol–water partition coefficient (Wildman–Crippen LogP) is 3.20. The van der Waals surface area contributed by atoms with Crippen LogP contribution in [0.2, 0.25) is 0 Å². The second kappa shape index (κ2) is 6.42. The van der Waals surface area contributed by atoms with Crippen molar-refractivity contribution in [3.8, 4) is 0 Å². The molecule has 0 spiro atoms. The number of halogens is 3. The lowest BCUT2D eigenvalue weighted by Crippen LogP contribution is -2.21. The van der Waals surface area contributed by atoms with Crippen LogP contribution >= 0.6 is 15.9 Å². The molecule has 0 aliphatic carbocycles. The van der Waals surface area contributed by atoms with Crippen molar-refractivity contribution >= 4 is 15.9 Å². The smallest absolute Gasteiger partial charge is 0.155 e. The SMILES string of the molecule is Cc1nc([C@@H]2CN(Cc3cc(Br)ccc3F)C[C@H]2CF)n[nH]1. The molecule has 0 amide bonds. The molecule has 1 N–H and O–H groups in total. The minimum absolute atomic E-state index is 0.0508. The number of hydrogen-bond donors (Lipinski definition) is 1. The summed E-state index contributed by atoms with van der Waals surface area (Å²) in [6, 6.07) is 4.88. The molecule has 1 aliphatic rings. The highest BCUT2D eigenvalue weighted by atomic mass is 79.9. The molecule has 1 fully saturated rings. The molecule has 1 aromatic carbocycles. The Kier molecular flexibility index (Phi) is 4.54. The number of likely N-dealkylation sites (tertiary alicyclic amines) is 1. The van der Waals surface area contributed by atoms with E-state index in [2.05, 4.69) is 36.0 Å². The van der Waals surface area contributed by atoms with Crippen LogP contribution in [0.15, 0.2) is 22.7 Å². The van der Waals surface area contributed by atoms with E-state index >= 15 is 0 Å². The molecule has 2 atom stereocenters. The fourth-order valence-electron chi connectivity index (χ4n) is 2.97. The number of rotatable bonds is 4. The van der Waals surface area contributed by atoms with Crippen molar-refractivity contribution in [3.63, 3.8) is 0 Å². The molecule has 22 heavy (non-hydrogen) atoms. The first-order valence-electron chi connectivity index (χ1n) is 7.18. The molecule has 0 radical (unpaired) electrons. The number of aromatic amines is 1. The lowest BCUT2D eigenvalue weighted by Gasteiger charge is -2.16. The minimum Gasteiger partial charge on any atom is -0.298 e. The van der Waals surface area contributed by atoms with Gasteiger partial charge in [0.05, 0.1) is 6.67 Å². The maximum Gasteiger partial charge on any atom is 0.155 e. The van der Waals surface area contributed by atoms with Gasteiger partial charge >= 0.3 is 0 Å². The summed E-state index contributed by atoms with van der Waals surface area (Å²) in [6.07, 6.45) is 0. The van der Waals surface area contributed by atoms with Gasteiger partial charge in [-0.25, -0.2) is 9.37 Å². The Bertz CT molecular complexity index is 661. The number of aromatic nitrogens is 3. The second-order valence-electron chi connectivity index (χ2n) is 5.73. The summed E-state index contributed by atoms with van der Waals surface area (Å²) in [7, 11) is 0. The Morgan fingerprint density at radius 3 is 2.91 bits per heavy atom. The minimum atomic E-state index is -0.421. The predicted molar refractivity (Wildman–Crippen MR) is 82.7 cm³/mol. The molecule has 0 unspecified atom stereocenters. The summed E-state index contributed by atoms with van der Waals surface area (Å²) in [5.41, 5.74) is 0.610. The molecule has 2 heterocycles. The highest BCUT2D eigenvalue weighted by Crippen LogP contribution is 2.32. The van der Waals surface area contributed by atoms with E-state index in [9.17, 15) is 8.78 Å². The van der Waals surface area contributed by atoms with Crippen LogP contribution in [0.25, 0.3) is 0 Å². The van der Waals surface area contributed by atoms with Crippen LogP contribution in [0.1, 0.15) is 23.1 Å². The van der Waals surface area contributed by atoms with Crippen LogP contribution in [0.4, 0.5) is 8.78 Å². The lowest BCUT2D eigenvalue weighted by molar-refractivity contribution is 0.292. The third kappa shape index (κ3) is 3.20. The Hall–Kier alpha value is -1.34. The van der Waals surface area contributed by atoms with Gasteiger partial charge < -0.3 is 0 Å². The second-order valence-corrected chi connectivity index (χ2v) is 6.65. The summed E-state index contributed by atoms with van der Waals surface area (Å²) in [6.45, 7) is 3.08. The van der Waals surface area contributed by atoms with Crippen LogP contribution < -0.4 is 0 Å². The van der Waals surface area contributed by atoms with Gasteiger partial charge in [0.1, 0.15) is 11.6 Å². The zero-order valence-electron chi connectivity index (χ0n) is 12.2. The number of H-pyrrole nitrogens is 1. The first-order valence-corrected chi connectivity index (χ1v) is 7.97. The van der Waals surface area contributed by atoms with E-state index in [4.69, 9.17) is 0 Å². The monoisotopic (exact) mass is 370 g/mol. The number of hydrogen-bond acceptors (Lipinski definition) is 3. The molecule has 1 aromatic heterocycles. The first kappa shape index (κ1) is 15.6. The standard InChI is InChI=1S/C15H17BrF2N4/c1-9-19-15(21-20-9)13-8-22(7-11(13)5-17)6-10-4-12(16)2-3-14(10)18/h2-4,11,13H,5-8H2,1H3,(H,19,20,21)/t11-,13-/m1/s1. The van der Waals surface area contributed by atoms with Gasteiger partial charge in [0.2, 0.25) is 0 Å². The third-order valence-corrected chi connectivity index (χ3v) is 4.56. The highest BCUT2D eigenvalue weighted by molar-refractivity contribution is 9.10. The van der Waals surface area contributed by atoms with Crippen molar-refractivity contribution in [3.05, 3.63) is 45.7 Å². The zero-order chi connectivity index (χ0) is 15.7. The van der Waals surface area contributed by atoms with Crippen LogP contribution in [-0.4, -0.2) is 39.8 Å². The molecule has 118 valence electrons. The largest absolute Gasteiger partial charge is 0.298 e. The van der Waals surface area contributed by atoms with Gasteiger partial charge in [-0.2, -0.15) is 5.10 Å². The maximum absolute atomic E-state index is 13.9. The van der Waals surface area contributed by atoms with Crippen molar-refractivity contribution in [2.45, 2.75) is 19.4 Å². The fourth-order valence-corrected chi connectivity index (χ4v) is 3.38. The van der Waals surface area contributed by atoms with Gasteiger partial charge in [0.25, 0.3) is 0 Å². The molecule has 2 aromatic rings. The van der Waals surface area contributed by atoms with Gasteiger partial charge in [-0.3, -0.25) is 14.4 Å². The summed E-state index contributed by atoms with van der Waals surface area (Å²) in [4.78, 5) is 6.38. The van der Waals surface area contributed by atoms with E-state index in [0.29, 0.717) is 31.0 Å². The highest BCUT2D eigenvalue weighted by Gasteiger charge is 2.36. The molecule has 0 bridgehead atoms. The van der Waals surface area contributed by atoms with Crippen molar-refractivity contribution in [2.24, 2.45) is 5.92 Å². The summed E-state index contributed by atoms with van der Waals surface area (Å²) in [5.74, 6) is 0.939. The quantitative estimate of drug-likeness (QED) is 0.898. The van der Waals surface area contributed by atoms with E-state index < -0.39 is 6.67 Å². The number of nitrogens with one attached hydrogen (secondary N) is 1. The van der Waals surface area contributed by atoms with Crippen molar-refractivity contribution < 1.29 is 8.78 Å². The Labute approximate surface area is 136 Å². The topological polar surface area (TPSA) is 44.8 Å². The average Bonchev–Trinajstić information content (AvgIpc) is 3.09. The van der Waals surface area contributed by atoms with Gasteiger partial charge in [0.15, 0.2) is 5.82 Å². The molecule has 0 saturated carbocycles. The molecule has 3 rings (SSSR count). The summed E-state index contributed by atoms with van der Waals surface area (Å²) in [5, 5.41) is 6.96. The zero-order valence-corrected chi connectivity index (χ0v) is 13.8.